The molecule has 1 aromatic heterocycles. The largest absolute Gasteiger partial charge is 0.480 e. The lowest BCUT2D eigenvalue weighted by molar-refractivity contribution is -0.138. The maximum Gasteiger partial charge on any atom is 0.323 e. The Morgan fingerprint density at radius 2 is 1.89 bits per heavy atom. The summed E-state index contributed by atoms with van der Waals surface area (Å²) in [5, 5.41) is 12.7. The van der Waals surface area contributed by atoms with Crippen molar-refractivity contribution in [2.75, 3.05) is 6.54 Å². The van der Waals surface area contributed by atoms with Gasteiger partial charge in [-0.1, -0.05) is 19.0 Å². The molecule has 0 spiro atoms. The van der Waals surface area contributed by atoms with Crippen molar-refractivity contribution in [3.8, 4) is 0 Å². The number of carboxylic acid groups (broad SMARTS) is 1. The van der Waals surface area contributed by atoms with Crippen LogP contribution in [0.4, 0.5) is 0 Å². The molecule has 0 fully saturated rings. The van der Waals surface area contributed by atoms with Crippen LogP contribution in [0.1, 0.15) is 55.4 Å². The molecule has 1 heterocycles. The summed E-state index contributed by atoms with van der Waals surface area (Å²) >= 11 is 0. The highest BCUT2D eigenvalue weighted by Gasteiger charge is 2.29. The van der Waals surface area contributed by atoms with Crippen LogP contribution in [0.2, 0.25) is 0 Å². The summed E-state index contributed by atoms with van der Waals surface area (Å²) in [7, 11) is 0. The van der Waals surface area contributed by atoms with Gasteiger partial charge in [-0.3, -0.25) is 9.59 Å². The molecule has 0 saturated heterocycles. The number of carbonyl (C=O) groups is 2. The summed E-state index contributed by atoms with van der Waals surface area (Å²) in [6, 6.07) is -0.210. The zero-order valence-corrected chi connectivity index (χ0v) is 11.9. The van der Waals surface area contributed by atoms with Crippen LogP contribution in [-0.2, 0) is 4.79 Å². The van der Waals surface area contributed by atoms with Crippen LogP contribution in [0.15, 0.2) is 4.52 Å². The minimum absolute atomic E-state index is 0.0130. The van der Waals surface area contributed by atoms with Gasteiger partial charge in [0.2, 0.25) is 0 Å². The fraction of sp³-hybridized carbons (Fsp3) is 0.615. The molecule has 0 bridgehead atoms. The van der Waals surface area contributed by atoms with E-state index in [4.69, 9.17) is 9.63 Å². The van der Waals surface area contributed by atoms with Crippen LogP contribution in [0.3, 0.4) is 0 Å². The van der Waals surface area contributed by atoms with Crippen LogP contribution in [0.5, 0.6) is 0 Å². The van der Waals surface area contributed by atoms with E-state index in [9.17, 15) is 9.59 Å². The number of aromatic nitrogens is 1. The van der Waals surface area contributed by atoms with Gasteiger partial charge in [-0.05, 0) is 20.8 Å². The first kappa shape index (κ1) is 15.2. The quantitative estimate of drug-likeness (QED) is 0.883. The molecule has 0 aliphatic heterocycles. The Morgan fingerprint density at radius 1 is 1.32 bits per heavy atom. The monoisotopic (exact) mass is 268 g/mol. The third-order valence-corrected chi connectivity index (χ3v) is 2.82. The van der Waals surface area contributed by atoms with E-state index >= 15 is 0 Å². The molecule has 1 aromatic rings. The smallest absolute Gasteiger partial charge is 0.323 e. The number of carboxylic acids is 1. The van der Waals surface area contributed by atoms with Gasteiger partial charge in [-0.15, -0.1) is 0 Å². The van der Waals surface area contributed by atoms with Gasteiger partial charge in [-0.25, -0.2) is 0 Å². The highest BCUT2D eigenvalue weighted by atomic mass is 16.5. The van der Waals surface area contributed by atoms with E-state index in [1.807, 2.05) is 13.8 Å². The zero-order chi connectivity index (χ0) is 14.7. The highest BCUT2D eigenvalue weighted by molar-refractivity contribution is 5.97. The summed E-state index contributed by atoms with van der Waals surface area (Å²) in [4.78, 5) is 24.6. The third-order valence-electron chi connectivity index (χ3n) is 2.82. The summed E-state index contributed by atoms with van der Waals surface area (Å²) in [5.41, 5.74) is 0.870. The van der Waals surface area contributed by atoms with Crippen molar-refractivity contribution in [2.45, 2.75) is 46.6 Å². The van der Waals surface area contributed by atoms with Gasteiger partial charge in [0.25, 0.3) is 5.91 Å². The minimum atomic E-state index is -1.04. The van der Waals surface area contributed by atoms with Crippen LogP contribution < -0.4 is 0 Å². The summed E-state index contributed by atoms with van der Waals surface area (Å²) in [6.45, 7) is 8.69. The number of rotatable bonds is 5. The first-order valence-electron chi connectivity index (χ1n) is 6.24. The van der Waals surface area contributed by atoms with E-state index < -0.39 is 5.97 Å². The number of aliphatic carboxylic acids is 1. The Morgan fingerprint density at radius 3 is 2.32 bits per heavy atom. The Labute approximate surface area is 112 Å². The zero-order valence-electron chi connectivity index (χ0n) is 11.9. The van der Waals surface area contributed by atoms with Gasteiger partial charge in [-0.2, -0.15) is 0 Å². The topological polar surface area (TPSA) is 83.6 Å². The SMILES string of the molecule is Cc1noc(C(C)C)c1C(=O)N(CC(=O)O)C(C)C. The van der Waals surface area contributed by atoms with E-state index in [-0.39, 0.29) is 24.4 Å². The average Bonchev–Trinajstić information content (AvgIpc) is 2.66. The minimum Gasteiger partial charge on any atom is -0.480 e. The van der Waals surface area contributed by atoms with Gasteiger partial charge in [0.1, 0.15) is 12.1 Å². The van der Waals surface area contributed by atoms with E-state index in [0.29, 0.717) is 17.0 Å². The van der Waals surface area contributed by atoms with Crippen molar-refractivity contribution in [3.63, 3.8) is 0 Å². The van der Waals surface area contributed by atoms with Gasteiger partial charge >= 0.3 is 5.97 Å². The molecule has 0 aliphatic rings. The van der Waals surface area contributed by atoms with Crippen molar-refractivity contribution in [1.82, 2.24) is 10.1 Å². The van der Waals surface area contributed by atoms with E-state index in [0.717, 1.165) is 0 Å². The third kappa shape index (κ3) is 3.33. The van der Waals surface area contributed by atoms with Crippen molar-refractivity contribution < 1.29 is 19.2 Å². The van der Waals surface area contributed by atoms with E-state index in [1.54, 1.807) is 20.8 Å². The van der Waals surface area contributed by atoms with Gasteiger partial charge in [0, 0.05) is 12.0 Å². The Balaban J connectivity index is 3.16. The van der Waals surface area contributed by atoms with Gasteiger partial charge in [0.15, 0.2) is 5.76 Å². The maximum absolute atomic E-state index is 12.5. The molecular formula is C13H20N2O4. The van der Waals surface area contributed by atoms with Crippen LogP contribution >= 0.6 is 0 Å². The number of nitrogens with zero attached hydrogens (tertiary/aromatic N) is 2. The van der Waals surface area contributed by atoms with E-state index in [2.05, 4.69) is 5.16 Å². The molecule has 1 N–H and O–H groups in total. The Kier molecular flexibility index (Phi) is 4.69. The lowest BCUT2D eigenvalue weighted by atomic mass is 10.0. The molecular weight excluding hydrogens is 248 g/mol. The second-order valence-corrected chi connectivity index (χ2v) is 5.08. The summed E-state index contributed by atoms with van der Waals surface area (Å²) in [5.74, 6) is -0.875. The molecule has 0 unspecified atom stereocenters. The Hall–Kier alpha value is -1.85. The molecule has 6 heteroatoms. The molecule has 0 radical (unpaired) electrons. The van der Waals surface area contributed by atoms with Crippen LogP contribution in [-0.4, -0.2) is 39.6 Å². The number of hydrogen-bond acceptors (Lipinski definition) is 4. The average molecular weight is 268 g/mol. The molecule has 106 valence electrons. The fourth-order valence-corrected chi connectivity index (χ4v) is 1.82. The molecule has 1 rings (SSSR count). The first-order chi connectivity index (χ1) is 8.75. The standard InChI is InChI=1S/C13H20N2O4/c1-7(2)12-11(9(5)14-19-12)13(18)15(8(3)4)6-10(16)17/h7-8H,6H2,1-5H3,(H,16,17). The van der Waals surface area contributed by atoms with Gasteiger partial charge in [0.05, 0.1) is 5.69 Å². The predicted octanol–water partition coefficient (Wildman–Crippen LogP) is 2.04. The number of hydrogen-bond donors (Lipinski definition) is 1. The molecule has 0 aliphatic carbocycles. The maximum atomic E-state index is 12.5. The van der Waals surface area contributed by atoms with Crippen molar-refractivity contribution in [1.29, 1.82) is 0 Å². The van der Waals surface area contributed by atoms with Crippen LogP contribution in [0.25, 0.3) is 0 Å². The predicted molar refractivity (Wildman–Crippen MR) is 69.1 cm³/mol. The number of aryl methyl sites for hydroxylation is 1. The van der Waals surface area contributed by atoms with Crippen molar-refractivity contribution >= 4 is 11.9 Å². The van der Waals surface area contributed by atoms with Gasteiger partial charge < -0.3 is 14.5 Å². The first-order valence-corrected chi connectivity index (χ1v) is 6.24. The summed E-state index contributed by atoms with van der Waals surface area (Å²) in [6.07, 6.45) is 0. The fourth-order valence-electron chi connectivity index (χ4n) is 1.82. The molecule has 0 aromatic carbocycles. The molecule has 0 atom stereocenters. The highest BCUT2D eigenvalue weighted by Crippen LogP contribution is 2.24. The molecule has 6 nitrogen and oxygen atoms in total. The number of carbonyl (C=O) groups excluding carboxylic acids is 1. The van der Waals surface area contributed by atoms with Crippen molar-refractivity contribution in [2.24, 2.45) is 0 Å². The normalized spacial score (nSPS) is 11.1. The second kappa shape index (κ2) is 5.86. The number of amides is 1. The lowest BCUT2D eigenvalue weighted by Crippen LogP contribution is -2.41. The van der Waals surface area contributed by atoms with Crippen LogP contribution in [0, 0.1) is 6.92 Å². The molecule has 0 saturated carbocycles. The van der Waals surface area contributed by atoms with Crippen molar-refractivity contribution in [3.05, 3.63) is 17.0 Å². The van der Waals surface area contributed by atoms with E-state index in [1.165, 1.54) is 4.90 Å². The molecule has 19 heavy (non-hydrogen) atoms. The lowest BCUT2D eigenvalue weighted by Gasteiger charge is -2.25. The molecule has 1 amide bonds. The second-order valence-electron chi connectivity index (χ2n) is 5.08. The Bertz CT molecular complexity index is 477. The summed E-state index contributed by atoms with van der Waals surface area (Å²) < 4.78 is 5.17.